The molecule has 5 heteroatoms. The molecule has 0 atom stereocenters. The smallest absolute Gasteiger partial charge is 0.410 e. The van der Waals surface area contributed by atoms with Crippen LogP contribution in [0.15, 0.2) is 24.3 Å². The minimum atomic E-state index is -0.228. The topological polar surface area (TPSA) is 32.8 Å². The summed E-state index contributed by atoms with van der Waals surface area (Å²) in [6.07, 6.45) is -0.303. The molecule has 1 fully saturated rings. The van der Waals surface area contributed by atoms with E-state index < -0.39 is 0 Å². The van der Waals surface area contributed by atoms with E-state index in [9.17, 15) is 4.79 Å². The number of carbonyl (C=O) groups is 1. The molecule has 1 aliphatic rings. The van der Waals surface area contributed by atoms with Crippen molar-refractivity contribution >= 4 is 23.4 Å². The Morgan fingerprint density at radius 1 is 1.21 bits per heavy atom. The molecule has 0 aromatic heterocycles. The fourth-order valence-corrected chi connectivity index (χ4v) is 2.37. The highest BCUT2D eigenvalue weighted by Crippen LogP contribution is 2.26. The monoisotopic (exact) mass is 282 g/mol. The van der Waals surface area contributed by atoms with E-state index in [0.29, 0.717) is 13.1 Å². The molecular formula is C14H19ClN2O2. The number of para-hydroxylation sites is 1. The first-order valence-electron chi connectivity index (χ1n) is 6.53. The summed E-state index contributed by atoms with van der Waals surface area (Å²) in [5.74, 6) is 0. The summed E-state index contributed by atoms with van der Waals surface area (Å²) in [5, 5.41) is 0.751. The van der Waals surface area contributed by atoms with Gasteiger partial charge in [0.15, 0.2) is 0 Å². The van der Waals surface area contributed by atoms with Crippen molar-refractivity contribution in [1.29, 1.82) is 0 Å². The predicted octanol–water partition coefficient (Wildman–Crippen LogP) is 3.01. The summed E-state index contributed by atoms with van der Waals surface area (Å²) in [6.45, 7) is 6.59. The lowest BCUT2D eigenvalue weighted by Gasteiger charge is -2.36. The lowest BCUT2D eigenvalue weighted by Crippen LogP contribution is -2.49. The number of rotatable bonds is 2. The third-order valence-electron chi connectivity index (χ3n) is 3.07. The average molecular weight is 283 g/mol. The molecule has 0 saturated carbocycles. The summed E-state index contributed by atoms with van der Waals surface area (Å²) < 4.78 is 5.20. The Bertz CT molecular complexity index is 443. The number of nitrogens with zero attached hydrogens (tertiary/aromatic N) is 2. The summed E-state index contributed by atoms with van der Waals surface area (Å²) in [5.41, 5.74) is 1.03. The van der Waals surface area contributed by atoms with E-state index in [1.165, 1.54) is 0 Å². The average Bonchev–Trinajstić information content (AvgIpc) is 2.39. The maximum absolute atomic E-state index is 11.8. The number of halogens is 1. The van der Waals surface area contributed by atoms with Gasteiger partial charge in [-0.3, -0.25) is 0 Å². The maximum Gasteiger partial charge on any atom is 0.410 e. The molecule has 0 spiro atoms. The van der Waals surface area contributed by atoms with Gasteiger partial charge in [-0.1, -0.05) is 23.7 Å². The molecule has 1 aromatic carbocycles. The van der Waals surface area contributed by atoms with Crippen LogP contribution in [0.25, 0.3) is 0 Å². The maximum atomic E-state index is 11.8. The number of hydrogen-bond donors (Lipinski definition) is 0. The zero-order valence-corrected chi connectivity index (χ0v) is 12.1. The lowest BCUT2D eigenvalue weighted by molar-refractivity contribution is 0.0751. The number of carbonyl (C=O) groups excluding carboxylic acids is 1. The Kier molecular flexibility index (Phi) is 4.53. The van der Waals surface area contributed by atoms with E-state index in [4.69, 9.17) is 16.3 Å². The van der Waals surface area contributed by atoms with Gasteiger partial charge in [-0.05, 0) is 26.0 Å². The van der Waals surface area contributed by atoms with E-state index in [-0.39, 0.29) is 12.2 Å². The molecule has 1 heterocycles. The summed E-state index contributed by atoms with van der Waals surface area (Å²) in [6, 6.07) is 7.78. The molecule has 1 aliphatic heterocycles. The van der Waals surface area contributed by atoms with Crippen molar-refractivity contribution in [3.05, 3.63) is 29.3 Å². The zero-order valence-electron chi connectivity index (χ0n) is 11.3. The lowest BCUT2D eigenvalue weighted by atomic mass is 10.2. The van der Waals surface area contributed by atoms with E-state index in [2.05, 4.69) is 4.90 Å². The van der Waals surface area contributed by atoms with Gasteiger partial charge < -0.3 is 14.5 Å². The zero-order chi connectivity index (χ0) is 13.8. The van der Waals surface area contributed by atoms with Gasteiger partial charge in [0.1, 0.15) is 0 Å². The minimum Gasteiger partial charge on any atom is -0.447 e. The molecule has 0 aliphatic carbocycles. The number of hydrogen-bond acceptors (Lipinski definition) is 3. The molecule has 4 nitrogen and oxygen atoms in total. The van der Waals surface area contributed by atoms with Crippen LogP contribution in [0.3, 0.4) is 0 Å². The Morgan fingerprint density at radius 2 is 1.84 bits per heavy atom. The quantitative estimate of drug-likeness (QED) is 0.836. The van der Waals surface area contributed by atoms with Gasteiger partial charge in [-0.2, -0.15) is 0 Å². The fraction of sp³-hybridized carbons (Fsp3) is 0.500. The first kappa shape index (κ1) is 14.0. The summed E-state index contributed by atoms with van der Waals surface area (Å²) in [7, 11) is 0. The second kappa shape index (κ2) is 6.15. The first-order valence-corrected chi connectivity index (χ1v) is 6.91. The number of ether oxygens (including phenoxy) is 1. The van der Waals surface area contributed by atoms with Crippen molar-refractivity contribution < 1.29 is 9.53 Å². The molecule has 104 valence electrons. The van der Waals surface area contributed by atoms with Crippen molar-refractivity contribution in [2.24, 2.45) is 0 Å². The van der Waals surface area contributed by atoms with E-state index >= 15 is 0 Å². The van der Waals surface area contributed by atoms with Gasteiger partial charge in [0.05, 0.1) is 16.8 Å². The van der Waals surface area contributed by atoms with E-state index in [1.807, 2.05) is 38.1 Å². The predicted molar refractivity (Wildman–Crippen MR) is 76.9 cm³/mol. The molecule has 0 N–H and O–H groups in total. The first-order chi connectivity index (χ1) is 9.08. The number of piperazine rings is 1. The van der Waals surface area contributed by atoms with Gasteiger partial charge in [0.25, 0.3) is 0 Å². The molecule has 0 unspecified atom stereocenters. The molecule has 1 amide bonds. The summed E-state index contributed by atoms with van der Waals surface area (Å²) >= 11 is 6.18. The van der Waals surface area contributed by atoms with E-state index in [1.54, 1.807) is 4.90 Å². The van der Waals surface area contributed by atoms with Crippen LogP contribution in [-0.4, -0.2) is 43.3 Å². The molecule has 19 heavy (non-hydrogen) atoms. The normalized spacial score (nSPS) is 15.8. The van der Waals surface area contributed by atoms with Crippen LogP contribution < -0.4 is 4.90 Å². The highest BCUT2D eigenvalue weighted by Gasteiger charge is 2.23. The standard InChI is InChI=1S/C14H19ClN2O2/c1-11(2)19-14(18)17-9-7-16(8-10-17)13-6-4-3-5-12(13)15/h3-6,11H,7-10H2,1-2H3. The van der Waals surface area contributed by atoms with Crippen molar-refractivity contribution in [1.82, 2.24) is 4.90 Å². The highest BCUT2D eigenvalue weighted by atomic mass is 35.5. The molecule has 2 rings (SSSR count). The highest BCUT2D eigenvalue weighted by molar-refractivity contribution is 6.33. The van der Waals surface area contributed by atoms with Gasteiger partial charge in [-0.25, -0.2) is 4.79 Å². The Hall–Kier alpha value is -1.42. The van der Waals surface area contributed by atoms with Crippen LogP contribution in [-0.2, 0) is 4.74 Å². The molecule has 0 bridgehead atoms. The Morgan fingerprint density at radius 3 is 2.42 bits per heavy atom. The van der Waals surface area contributed by atoms with Crippen LogP contribution in [0.5, 0.6) is 0 Å². The fourth-order valence-electron chi connectivity index (χ4n) is 2.11. The van der Waals surface area contributed by atoms with Crippen LogP contribution >= 0.6 is 11.6 Å². The van der Waals surface area contributed by atoms with Crippen LogP contribution in [0.2, 0.25) is 5.02 Å². The second-order valence-electron chi connectivity index (χ2n) is 4.86. The number of anilines is 1. The van der Waals surface area contributed by atoms with Gasteiger partial charge >= 0.3 is 6.09 Å². The van der Waals surface area contributed by atoms with Crippen LogP contribution in [0.4, 0.5) is 10.5 Å². The Labute approximate surface area is 118 Å². The van der Waals surface area contributed by atoms with E-state index in [0.717, 1.165) is 23.8 Å². The van der Waals surface area contributed by atoms with Crippen molar-refractivity contribution in [3.63, 3.8) is 0 Å². The van der Waals surface area contributed by atoms with Crippen molar-refractivity contribution in [3.8, 4) is 0 Å². The Balaban J connectivity index is 1.93. The third-order valence-corrected chi connectivity index (χ3v) is 3.39. The number of benzene rings is 1. The molecule has 1 aromatic rings. The van der Waals surface area contributed by atoms with Crippen molar-refractivity contribution in [2.75, 3.05) is 31.1 Å². The van der Waals surface area contributed by atoms with Gasteiger partial charge in [-0.15, -0.1) is 0 Å². The minimum absolute atomic E-state index is 0.0749. The van der Waals surface area contributed by atoms with Crippen molar-refractivity contribution in [2.45, 2.75) is 20.0 Å². The molecular weight excluding hydrogens is 264 g/mol. The van der Waals surface area contributed by atoms with Crippen LogP contribution in [0.1, 0.15) is 13.8 Å². The SMILES string of the molecule is CC(C)OC(=O)N1CCN(c2ccccc2Cl)CC1. The summed E-state index contributed by atoms with van der Waals surface area (Å²) in [4.78, 5) is 15.7. The van der Waals surface area contributed by atoms with Gasteiger partial charge in [0.2, 0.25) is 0 Å². The van der Waals surface area contributed by atoms with Crippen LogP contribution in [0, 0.1) is 0 Å². The van der Waals surface area contributed by atoms with Gasteiger partial charge in [0, 0.05) is 26.2 Å². The third kappa shape index (κ3) is 3.53. The largest absolute Gasteiger partial charge is 0.447 e. The molecule has 0 radical (unpaired) electrons. The second-order valence-corrected chi connectivity index (χ2v) is 5.27. The number of amides is 1. The molecule has 1 saturated heterocycles.